The van der Waals surface area contributed by atoms with Crippen LogP contribution < -0.4 is 10.6 Å². The van der Waals surface area contributed by atoms with Gasteiger partial charge in [0.05, 0.1) is 7.11 Å². The van der Waals surface area contributed by atoms with Gasteiger partial charge < -0.3 is 15.4 Å². The molecule has 0 saturated heterocycles. The van der Waals surface area contributed by atoms with E-state index in [0.717, 1.165) is 6.42 Å². The highest BCUT2D eigenvalue weighted by Gasteiger charge is 2.26. The molecule has 1 aliphatic carbocycles. The van der Waals surface area contributed by atoms with Crippen LogP contribution in [0, 0.1) is 5.92 Å². The topological polar surface area (TPSA) is 67.4 Å². The average molecular weight is 242 g/mol. The van der Waals surface area contributed by atoms with Gasteiger partial charge in [0.25, 0.3) is 0 Å². The van der Waals surface area contributed by atoms with Gasteiger partial charge in [-0.15, -0.1) is 0 Å². The summed E-state index contributed by atoms with van der Waals surface area (Å²) in [6.07, 6.45) is 3.58. The number of nitrogens with one attached hydrogen (secondary N) is 2. The Morgan fingerprint density at radius 2 is 2.12 bits per heavy atom. The lowest BCUT2D eigenvalue weighted by molar-refractivity contribution is -0.144. The van der Waals surface area contributed by atoms with Crippen molar-refractivity contribution in [1.82, 2.24) is 10.6 Å². The van der Waals surface area contributed by atoms with Gasteiger partial charge in [0.15, 0.2) is 0 Å². The molecule has 1 amide bonds. The van der Waals surface area contributed by atoms with Crippen molar-refractivity contribution < 1.29 is 14.3 Å². The van der Waals surface area contributed by atoms with Crippen LogP contribution in [0.5, 0.6) is 0 Å². The zero-order valence-corrected chi connectivity index (χ0v) is 10.8. The van der Waals surface area contributed by atoms with Crippen molar-refractivity contribution in [3.63, 3.8) is 0 Å². The summed E-state index contributed by atoms with van der Waals surface area (Å²) in [6, 6.07) is -0.152. The maximum absolute atomic E-state index is 11.5. The predicted octanol–water partition coefficient (Wildman–Crippen LogP) is 0.442. The smallest absolute Gasteiger partial charge is 0.329 e. The lowest BCUT2D eigenvalue weighted by Crippen LogP contribution is -2.49. The summed E-state index contributed by atoms with van der Waals surface area (Å²) in [5.41, 5.74) is 0. The van der Waals surface area contributed by atoms with Crippen LogP contribution in [0.4, 0.5) is 0 Å². The van der Waals surface area contributed by atoms with Gasteiger partial charge >= 0.3 is 5.97 Å². The Bertz CT molecular complexity index is 281. The molecule has 1 saturated carbocycles. The molecule has 1 aliphatic rings. The van der Waals surface area contributed by atoms with Crippen molar-refractivity contribution in [3.05, 3.63) is 0 Å². The summed E-state index contributed by atoms with van der Waals surface area (Å²) >= 11 is 0. The van der Waals surface area contributed by atoms with Gasteiger partial charge in [-0.2, -0.15) is 0 Å². The van der Waals surface area contributed by atoms with Gasteiger partial charge in [0.1, 0.15) is 6.04 Å². The molecule has 2 N–H and O–H groups in total. The monoisotopic (exact) mass is 242 g/mol. The van der Waals surface area contributed by atoms with Crippen LogP contribution in [0.25, 0.3) is 0 Å². The molecular formula is C12H22N2O3. The van der Waals surface area contributed by atoms with Crippen LogP contribution >= 0.6 is 0 Å². The highest BCUT2D eigenvalue weighted by molar-refractivity contribution is 5.83. The minimum atomic E-state index is -0.592. The fraction of sp³-hybridized carbons (Fsp3) is 0.833. The van der Waals surface area contributed by atoms with Gasteiger partial charge in [-0.05, 0) is 18.8 Å². The molecule has 0 bridgehead atoms. The van der Waals surface area contributed by atoms with E-state index in [1.807, 2.05) is 0 Å². The van der Waals surface area contributed by atoms with Crippen LogP contribution in [0.2, 0.25) is 0 Å². The third-order valence-corrected chi connectivity index (χ3v) is 3.31. The molecule has 98 valence electrons. The van der Waals surface area contributed by atoms with Gasteiger partial charge in [-0.25, -0.2) is 4.79 Å². The zero-order chi connectivity index (χ0) is 12.8. The number of carbonyl (C=O) groups excluding carboxylic acids is 2. The Morgan fingerprint density at radius 1 is 1.41 bits per heavy atom. The maximum atomic E-state index is 11.5. The lowest BCUT2D eigenvalue weighted by Gasteiger charge is -2.21. The van der Waals surface area contributed by atoms with Crippen LogP contribution in [0.1, 0.15) is 33.1 Å². The molecule has 5 nitrogen and oxygen atoms in total. The number of ether oxygens (including phenoxy) is 1. The van der Waals surface area contributed by atoms with E-state index in [0.29, 0.717) is 18.5 Å². The van der Waals surface area contributed by atoms with E-state index in [1.54, 1.807) is 0 Å². The second-order valence-electron chi connectivity index (χ2n) is 4.70. The molecular weight excluding hydrogens is 220 g/mol. The van der Waals surface area contributed by atoms with Crippen molar-refractivity contribution in [2.75, 3.05) is 13.7 Å². The SMILES string of the molecule is COC(=O)C(CNC1CCCC1C)NC(C)=O. The molecule has 3 atom stereocenters. The van der Waals surface area contributed by atoms with Gasteiger partial charge in [0.2, 0.25) is 5.91 Å². The highest BCUT2D eigenvalue weighted by Crippen LogP contribution is 2.24. The summed E-state index contributed by atoms with van der Waals surface area (Å²) in [7, 11) is 1.33. The predicted molar refractivity (Wildman–Crippen MR) is 64.4 cm³/mol. The molecule has 17 heavy (non-hydrogen) atoms. The first-order valence-electron chi connectivity index (χ1n) is 6.13. The van der Waals surface area contributed by atoms with E-state index in [-0.39, 0.29) is 5.91 Å². The molecule has 0 aromatic rings. The maximum Gasteiger partial charge on any atom is 0.329 e. The summed E-state index contributed by atoms with van der Waals surface area (Å²) in [4.78, 5) is 22.4. The van der Waals surface area contributed by atoms with Gasteiger partial charge in [-0.3, -0.25) is 4.79 Å². The largest absolute Gasteiger partial charge is 0.467 e. The molecule has 5 heteroatoms. The number of amides is 1. The Kier molecular flexibility index (Phi) is 5.41. The van der Waals surface area contributed by atoms with Crippen LogP contribution in [0.15, 0.2) is 0 Å². The second kappa shape index (κ2) is 6.59. The molecule has 0 aliphatic heterocycles. The Balaban J connectivity index is 2.42. The molecule has 1 rings (SSSR count). The van der Waals surface area contributed by atoms with Crippen molar-refractivity contribution in [3.8, 4) is 0 Å². The number of hydrogen-bond donors (Lipinski definition) is 2. The summed E-state index contributed by atoms with van der Waals surface area (Å²) in [5, 5.41) is 5.93. The van der Waals surface area contributed by atoms with E-state index in [4.69, 9.17) is 0 Å². The molecule has 0 aromatic carbocycles. The molecule has 0 radical (unpaired) electrons. The van der Waals surface area contributed by atoms with Crippen molar-refractivity contribution in [1.29, 1.82) is 0 Å². The third-order valence-electron chi connectivity index (χ3n) is 3.31. The molecule has 1 fully saturated rings. The van der Waals surface area contributed by atoms with Crippen LogP contribution in [0.3, 0.4) is 0 Å². The standard InChI is InChI=1S/C12H22N2O3/c1-8-5-4-6-10(8)13-7-11(12(16)17-3)14-9(2)15/h8,10-11,13H,4-7H2,1-3H3,(H,14,15). The first kappa shape index (κ1) is 14.0. The fourth-order valence-electron chi connectivity index (χ4n) is 2.30. The Morgan fingerprint density at radius 3 is 2.59 bits per heavy atom. The molecule has 0 heterocycles. The minimum absolute atomic E-state index is 0.221. The van der Waals surface area contributed by atoms with E-state index in [9.17, 15) is 9.59 Å². The number of hydrogen-bond acceptors (Lipinski definition) is 4. The van der Waals surface area contributed by atoms with E-state index in [2.05, 4.69) is 22.3 Å². The minimum Gasteiger partial charge on any atom is -0.467 e. The molecule has 0 aromatic heterocycles. The van der Waals surface area contributed by atoms with E-state index < -0.39 is 12.0 Å². The average Bonchev–Trinajstić information content (AvgIpc) is 2.68. The van der Waals surface area contributed by atoms with E-state index in [1.165, 1.54) is 26.9 Å². The number of esters is 1. The summed E-state index contributed by atoms with van der Waals surface area (Å²) in [5.74, 6) is 0.00523. The summed E-state index contributed by atoms with van der Waals surface area (Å²) < 4.78 is 4.66. The summed E-state index contributed by atoms with van der Waals surface area (Å²) in [6.45, 7) is 4.03. The quantitative estimate of drug-likeness (QED) is 0.687. The normalized spacial score (nSPS) is 25.4. The number of rotatable bonds is 5. The Hall–Kier alpha value is -1.10. The van der Waals surface area contributed by atoms with Crippen LogP contribution in [-0.2, 0) is 14.3 Å². The highest BCUT2D eigenvalue weighted by atomic mass is 16.5. The Labute approximate surface area is 102 Å². The molecule has 3 unspecified atom stereocenters. The van der Waals surface area contributed by atoms with Gasteiger partial charge in [-0.1, -0.05) is 13.3 Å². The first-order chi connectivity index (χ1) is 8.04. The fourth-order valence-corrected chi connectivity index (χ4v) is 2.30. The number of methoxy groups -OCH3 is 1. The van der Waals surface area contributed by atoms with E-state index >= 15 is 0 Å². The third kappa shape index (κ3) is 4.34. The van der Waals surface area contributed by atoms with Crippen molar-refractivity contribution in [2.24, 2.45) is 5.92 Å². The zero-order valence-electron chi connectivity index (χ0n) is 10.8. The second-order valence-corrected chi connectivity index (χ2v) is 4.70. The number of carbonyl (C=O) groups is 2. The van der Waals surface area contributed by atoms with Gasteiger partial charge in [0, 0.05) is 19.5 Å². The molecule has 0 spiro atoms. The van der Waals surface area contributed by atoms with Crippen LogP contribution in [-0.4, -0.2) is 37.6 Å². The first-order valence-corrected chi connectivity index (χ1v) is 6.13. The van der Waals surface area contributed by atoms with Crippen molar-refractivity contribution in [2.45, 2.75) is 45.2 Å². The van der Waals surface area contributed by atoms with Crippen molar-refractivity contribution >= 4 is 11.9 Å². The lowest BCUT2D eigenvalue weighted by atomic mass is 10.1.